The molecule has 0 radical (unpaired) electrons. The summed E-state index contributed by atoms with van der Waals surface area (Å²) in [5.74, 6) is 0. The molecule has 14 heteroatoms. The molecular formula is C16H22N4O10. The van der Waals surface area contributed by atoms with E-state index in [9.17, 15) is 40.5 Å². The number of hydrogen-bond acceptors (Lipinski definition) is 12. The van der Waals surface area contributed by atoms with Crippen LogP contribution in [0, 0.1) is 0 Å². The standard InChI is InChI=1S/C16H22N4O10/c21-1-5-8(23)10(25)12(27)16(30-5)20-4-18-13-7(14(20)28)17-3-19(13)15-11(26)9(24)6(2-22)29-15/h3-6,8-12,15-16,21-27H,1-2H2/t5-,6-,8-,9-,10+,11-,12-,15-,16-/m1/s1. The molecule has 30 heavy (non-hydrogen) atoms. The van der Waals surface area contributed by atoms with Gasteiger partial charge in [-0.2, -0.15) is 0 Å². The van der Waals surface area contributed by atoms with Gasteiger partial charge < -0.3 is 45.2 Å². The summed E-state index contributed by atoms with van der Waals surface area (Å²) >= 11 is 0. The fourth-order valence-electron chi connectivity index (χ4n) is 3.71. The van der Waals surface area contributed by atoms with Gasteiger partial charge in [0.1, 0.15) is 49.1 Å². The van der Waals surface area contributed by atoms with Gasteiger partial charge in [0.25, 0.3) is 5.56 Å². The normalized spacial score (nSPS) is 39.6. The molecule has 0 spiro atoms. The van der Waals surface area contributed by atoms with Gasteiger partial charge in [-0.1, -0.05) is 0 Å². The summed E-state index contributed by atoms with van der Waals surface area (Å²) in [5.41, 5.74) is -0.960. The Morgan fingerprint density at radius 2 is 1.27 bits per heavy atom. The van der Waals surface area contributed by atoms with Crippen LogP contribution in [0.3, 0.4) is 0 Å². The van der Waals surface area contributed by atoms with Gasteiger partial charge in [0.2, 0.25) is 0 Å². The zero-order valence-corrected chi connectivity index (χ0v) is 15.4. The van der Waals surface area contributed by atoms with Crippen molar-refractivity contribution in [2.75, 3.05) is 13.2 Å². The molecule has 14 nitrogen and oxygen atoms in total. The van der Waals surface area contributed by atoms with Crippen LogP contribution in [0.1, 0.15) is 12.5 Å². The van der Waals surface area contributed by atoms with Crippen LogP contribution < -0.4 is 5.56 Å². The molecule has 2 fully saturated rings. The highest BCUT2D eigenvalue weighted by Gasteiger charge is 2.46. The van der Waals surface area contributed by atoms with Crippen LogP contribution in [0.5, 0.6) is 0 Å². The van der Waals surface area contributed by atoms with E-state index < -0.39 is 74.0 Å². The molecule has 0 saturated carbocycles. The van der Waals surface area contributed by atoms with Crippen LogP contribution in [-0.4, -0.2) is 111 Å². The second-order valence-corrected chi connectivity index (χ2v) is 7.23. The molecule has 2 aliphatic rings. The quantitative estimate of drug-likeness (QED) is 0.243. The van der Waals surface area contributed by atoms with Crippen molar-refractivity contribution in [1.29, 1.82) is 0 Å². The van der Waals surface area contributed by atoms with Crippen LogP contribution >= 0.6 is 0 Å². The Labute approximate surface area is 167 Å². The molecule has 2 aliphatic heterocycles. The van der Waals surface area contributed by atoms with Gasteiger partial charge in [-0.15, -0.1) is 0 Å². The van der Waals surface area contributed by atoms with E-state index in [1.165, 1.54) is 4.57 Å². The van der Waals surface area contributed by atoms with E-state index in [-0.39, 0.29) is 11.2 Å². The SMILES string of the molecule is O=c1c2ncn([C@@H]3O[C@H](CO)[C@@H](O)[C@H]3O)c2ncn1[C@@H]1O[C@H](CO)[C@@H](O)[C@H](O)[C@H]1O. The van der Waals surface area contributed by atoms with E-state index in [0.717, 1.165) is 17.2 Å². The summed E-state index contributed by atoms with van der Waals surface area (Å²) in [6, 6.07) is 0. The molecule has 0 aromatic carbocycles. The van der Waals surface area contributed by atoms with E-state index in [0.29, 0.717) is 0 Å². The zero-order valence-electron chi connectivity index (χ0n) is 15.4. The number of aliphatic hydroxyl groups excluding tert-OH is 7. The average molecular weight is 430 g/mol. The van der Waals surface area contributed by atoms with Crippen molar-refractivity contribution in [2.45, 2.75) is 55.2 Å². The number of ether oxygens (including phenoxy) is 2. The smallest absolute Gasteiger partial charge is 0.283 e. The number of fused-ring (bicyclic) bond motifs is 1. The summed E-state index contributed by atoms with van der Waals surface area (Å²) in [5, 5.41) is 68.7. The van der Waals surface area contributed by atoms with Gasteiger partial charge in [-0.3, -0.25) is 13.9 Å². The summed E-state index contributed by atoms with van der Waals surface area (Å²) in [7, 11) is 0. The van der Waals surface area contributed by atoms with E-state index in [4.69, 9.17) is 9.47 Å². The summed E-state index contributed by atoms with van der Waals surface area (Å²) in [6.07, 6.45) is -10.4. The lowest BCUT2D eigenvalue weighted by molar-refractivity contribution is -0.252. The third kappa shape index (κ3) is 3.13. The van der Waals surface area contributed by atoms with Crippen molar-refractivity contribution >= 4 is 11.2 Å². The molecule has 2 saturated heterocycles. The molecule has 7 N–H and O–H groups in total. The maximum absolute atomic E-state index is 12.9. The number of nitrogens with zero attached hydrogens (tertiary/aromatic N) is 4. The number of rotatable bonds is 4. The molecule has 0 bridgehead atoms. The lowest BCUT2D eigenvalue weighted by Crippen LogP contribution is -2.57. The Morgan fingerprint density at radius 1 is 0.767 bits per heavy atom. The number of imidazole rings is 1. The molecule has 2 aromatic rings. The van der Waals surface area contributed by atoms with Crippen molar-refractivity contribution in [1.82, 2.24) is 19.1 Å². The molecular weight excluding hydrogens is 408 g/mol. The second kappa shape index (κ2) is 7.92. The molecule has 9 atom stereocenters. The van der Waals surface area contributed by atoms with Crippen LogP contribution in [0.2, 0.25) is 0 Å². The van der Waals surface area contributed by atoms with Crippen LogP contribution in [0.4, 0.5) is 0 Å². The third-order valence-corrected chi connectivity index (χ3v) is 5.44. The van der Waals surface area contributed by atoms with Crippen molar-refractivity contribution in [2.24, 2.45) is 0 Å². The summed E-state index contributed by atoms with van der Waals surface area (Å²) in [6.45, 7) is -1.19. The molecule has 2 aromatic heterocycles. The lowest BCUT2D eigenvalue weighted by atomic mass is 9.98. The highest BCUT2D eigenvalue weighted by Crippen LogP contribution is 2.31. The first-order valence-electron chi connectivity index (χ1n) is 9.16. The Morgan fingerprint density at radius 3 is 1.87 bits per heavy atom. The van der Waals surface area contributed by atoms with E-state index >= 15 is 0 Å². The van der Waals surface area contributed by atoms with Crippen LogP contribution in [-0.2, 0) is 9.47 Å². The highest BCUT2D eigenvalue weighted by atomic mass is 16.6. The molecule has 4 heterocycles. The predicted octanol–water partition coefficient (Wildman–Crippen LogP) is -4.82. The predicted molar refractivity (Wildman–Crippen MR) is 93.8 cm³/mol. The number of aliphatic hydroxyl groups is 7. The van der Waals surface area contributed by atoms with Crippen molar-refractivity contribution in [3.05, 3.63) is 23.0 Å². The van der Waals surface area contributed by atoms with Gasteiger partial charge in [0, 0.05) is 0 Å². The molecule has 166 valence electrons. The minimum absolute atomic E-state index is 0.00400. The Bertz CT molecular complexity index is 963. The van der Waals surface area contributed by atoms with Gasteiger partial charge in [0.15, 0.2) is 23.6 Å². The van der Waals surface area contributed by atoms with Gasteiger partial charge in [-0.25, -0.2) is 9.97 Å². The first-order chi connectivity index (χ1) is 14.3. The van der Waals surface area contributed by atoms with E-state index in [2.05, 4.69) is 9.97 Å². The maximum atomic E-state index is 12.9. The fourth-order valence-corrected chi connectivity index (χ4v) is 3.71. The second-order valence-electron chi connectivity index (χ2n) is 7.23. The maximum Gasteiger partial charge on any atom is 0.283 e. The minimum Gasteiger partial charge on any atom is -0.394 e. The summed E-state index contributed by atoms with van der Waals surface area (Å²) < 4.78 is 12.9. The van der Waals surface area contributed by atoms with E-state index in [1.807, 2.05) is 0 Å². The third-order valence-electron chi connectivity index (χ3n) is 5.44. The Kier molecular flexibility index (Phi) is 5.60. The topological polar surface area (TPSA) is 213 Å². The van der Waals surface area contributed by atoms with Crippen molar-refractivity contribution in [3.63, 3.8) is 0 Å². The van der Waals surface area contributed by atoms with Crippen molar-refractivity contribution < 1.29 is 45.2 Å². The van der Waals surface area contributed by atoms with Crippen LogP contribution in [0.25, 0.3) is 11.2 Å². The van der Waals surface area contributed by atoms with E-state index in [1.54, 1.807) is 0 Å². The van der Waals surface area contributed by atoms with Crippen LogP contribution in [0.15, 0.2) is 17.4 Å². The van der Waals surface area contributed by atoms with Gasteiger partial charge >= 0.3 is 0 Å². The monoisotopic (exact) mass is 430 g/mol. The first-order valence-corrected chi connectivity index (χ1v) is 9.16. The average Bonchev–Trinajstić information content (AvgIpc) is 3.29. The van der Waals surface area contributed by atoms with Crippen molar-refractivity contribution in [3.8, 4) is 0 Å². The highest BCUT2D eigenvalue weighted by molar-refractivity contribution is 5.69. The van der Waals surface area contributed by atoms with Gasteiger partial charge in [-0.05, 0) is 0 Å². The Hall–Kier alpha value is -2.01. The fraction of sp³-hybridized carbons (Fsp3) is 0.688. The van der Waals surface area contributed by atoms with Gasteiger partial charge in [0.05, 0.1) is 19.5 Å². The zero-order chi connectivity index (χ0) is 21.7. The Balaban J connectivity index is 1.71. The summed E-state index contributed by atoms with van der Waals surface area (Å²) in [4.78, 5) is 21.0. The minimum atomic E-state index is -1.69. The molecule has 0 amide bonds. The molecule has 4 rings (SSSR count). The largest absolute Gasteiger partial charge is 0.394 e. The first kappa shape index (κ1) is 21.2. The number of hydrogen-bond donors (Lipinski definition) is 7. The lowest BCUT2D eigenvalue weighted by Gasteiger charge is -2.40. The molecule has 0 unspecified atom stereocenters. The molecule has 0 aliphatic carbocycles. The number of aromatic nitrogens is 4.